The molecule has 0 radical (unpaired) electrons. The molecule has 17 heavy (non-hydrogen) atoms. The fourth-order valence-corrected chi connectivity index (χ4v) is 2.11. The van der Waals surface area contributed by atoms with Crippen LogP contribution in [0.25, 0.3) is 0 Å². The van der Waals surface area contributed by atoms with Gasteiger partial charge in [-0.25, -0.2) is 0 Å². The number of aliphatic hydroxyl groups is 1. The van der Waals surface area contributed by atoms with Gasteiger partial charge in [-0.2, -0.15) is 0 Å². The molecule has 2 aliphatic heterocycles. The van der Waals surface area contributed by atoms with Gasteiger partial charge >= 0.3 is 5.97 Å². The molecule has 0 aliphatic carbocycles. The molecular weight excluding hydrogens is 224 g/mol. The predicted octanol–water partition coefficient (Wildman–Crippen LogP) is 0.612. The van der Waals surface area contributed by atoms with Crippen LogP contribution in [0.5, 0.6) is 5.75 Å². The minimum atomic E-state index is -1.66. The Kier molecular flexibility index (Phi) is 2.56. The van der Waals surface area contributed by atoms with E-state index in [1.807, 2.05) is 0 Å². The van der Waals surface area contributed by atoms with Gasteiger partial charge in [0, 0.05) is 5.56 Å². The highest BCUT2D eigenvalue weighted by Gasteiger charge is 2.50. The van der Waals surface area contributed by atoms with Crippen LogP contribution in [0.2, 0.25) is 0 Å². The van der Waals surface area contributed by atoms with E-state index in [4.69, 9.17) is 18.9 Å². The van der Waals surface area contributed by atoms with Gasteiger partial charge in [0.25, 0.3) is 0 Å². The Bertz CT molecular complexity index is 390. The smallest absolute Gasteiger partial charge is 0.310 e. The molecule has 1 aromatic rings. The number of benzene rings is 1. The van der Waals surface area contributed by atoms with Crippen LogP contribution < -0.4 is 4.74 Å². The Morgan fingerprint density at radius 3 is 2.29 bits per heavy atom. The van der Waals surface area contributed by atoms with Crippen LogP contribution in [-0.4, -0.2) is 37.6 Å². The molecule has 1 aromatic carbocycles. The Balaban J connectivity index is 1.83. The molecule has 2 saturated heterocycles. The largest absolute Gasteiger partial charge is 0.497 e. The number of ether oxygens (including phenoxy) is 4. The lowest BCUT2D eigenvalue weighted by molar-refractivity contribution is -0.336. The molecule has 3 rings (SSSR count). The second-order valence-corrected chi connectivity index (χ2v) is 4.16. The molecule has 3 atom stereocenters. The number of hydrogen-bond acceptors (Lipinski definition) is 5. The van der Waals surface area contributed by atoms with Gasteiger partial charge in [-0.3, -0.25) is 0 Å². The Hall–Kier alpha value is -1.14. The van der Waals surface area contributed by atoms with E-state index in [-0.39, 0.29) is 12.2 Å². The van der Waals surface area contributed by atoms with Crippen molar-refractivity contribution >= 4 is 0 Å². The summed E-state index contributed by atoms with van der Waals surface area (Å²) >= 11 is 0. The van der Waals surface area contributed by atoms with Gasteiger partial charge in [0.2, 0.25) is 0 Å². The first kappa shape index (κ1) is 11.0. The monoisotopic (exact) mass is 238 g/mol. The van der Waals surface area contributed by atoms with Crippen molar-refractivity contribution in [3.63, 3.8) is 0 Å². The number of rotatable bonds is 2. The molecule has 2 aliphatic rings. The van der Waals surface area contributed by atoms with Gasteiger partial charge in [-0.05, 0) is 24.3 Å². The van der Waals surface area contributed by atoms with E-state index in [0.717, 1.165) is 5.75 Å². The van der Waals surface area contributed by atoms with Gasteiger partial charge in [-0.15, -0.1) is 0 Å². The molecule has 5 nitrogen and oxygen atoms in total. The zero-order valence-corrected chi connectivity index (χ0v) is 9.46. The topological polar surface area (TPSA) is 57.2 Å². The van der Waals surface area contributed by atoms with Crippen molar-refractivity contribution < 1.29 is 24.1 Å². The van der Waals surface area contributed by atoms with E-state index >= 15 is 0 Å². The summed E-state index contributed by atoms with van der Waals surface area (Å²) < 4.78 is 21.3. The molecule has 2 fully saturated rings. The lowest BCUT2D eigenvalue weighted by Crippen LogP contribution is -2.29. The van der Waals surface area contributed by atoms with Crippen molar-refractivity contribution in [2.75, 3.05) is 20.3 Å². The average Bonchev–Trinajstić information content (AvgIpc) is 2.88. The summed E-state index contributed by atoms with van der Waals surface area (Å²) in [6.45, 7) is 0.923. The standard InChI is InChI=1S/C12H14O5/c1-14-9-4-2-8(3-5-9)12(13)16-10-6-15-7-11(10)17-12/h2-5,10-11,13H,6-7H2,1H3/t10-,11+,12?. The molecule has 0 amide bonds. The lowest BCUT2D eigenvalue weighted by atomic mass is 10.2. The van der Waals surface area contributed by atoms with Crippen molar-refractivity contribution in [3.8, 4) is 5.75 Å². The summed E-state index contributed by atoms with van der Waals surface area (Å²) in [6.07, 6.45) is -0.385. The maximum absolute atomic E-state index is 10.3. The Morgan fingerprint density at radius 2 is 1.76 bits per heavy atom. The number of hydrogen-bond donors (Lipinski definition) is 1. The van der Waals surface area contributed by atoms with Crippen LogP contribution in [0.15, 0.2) is 24.3 Å². The summed E-state index contributed by atoms with van der Waals surface area (Å²) in [4.78, 5) is 0. The maximum atomic E-state index is 10.3. The highest BCUT2D eigenvalue weighted by atomic mass is 16.9. The SMILES string of the molecule is COc1ccc(C2(O)O[C@H]3COC[C@H]3O2)cc1. The predicted molar refractivity (Wildman–Crippen MR) is 57.5 cm³/mol. The second kappa shape index (κ2) is 3.96. The van der Waals surface area contributed by atoms with E-state index in [1.54, 1.807) is 31.4 Å². The fourth-order valence-electron chi connectivity index (χ4n) is 2.11. The molecule has 0 spiro atoms. The normalized spacial score (nSPS) is 35.9. The first-order valence-electron chi connectivity index (χ1n) is 5.51. The molecule has 5 heteroatoms. The summed E-state index contributed by atoms with van der Waals surface area (Å²) in [5.74, 6) is -0.940. The van der Waals surface area contributed by atoms with Crippen molar-refractivity contribution in [3.05, 3.63) is 29.8 Å². The Labute approximate surface area is 98.9 Å². The highest BCUT2D eigenvalue weighted by Crippen LogP contribution is 2.38. The molecule has 0 bridgehead atoms. The molecule has 0 saturated carbocycles. The molecule has 92 valence electrons. The van der Waals surface area contributed by atoms with Gasteiger partial charge in [0.05, 0.1) is 20.3 Å². The van der Waals surface area contributed by atoms with Gasteiger partial charge in [-0.1, -0.05) is 0 Å². The third-order valence-corrected chi connectivity index (χ3v) is 3.06. The van der Waals surface area contributed by atoms with Crippen LogP contribution in [0.3, 0.4) is 0 Å². The zero-order chi connectivity index (χ0) is 11.9. The fraction of sp³-hybridized carbons (Fsp3) is 0.500. The third-order valence-electron chi connectivity index (χ3n) is 3.06. The minimum absolute atomic E-state index is 0.192. The van der Waals surface area contributed by atoms with E-state index in [9.17, 15) is 5.11 Å². The number of methoxy groups -OCH3 is 1. The van der Waals surface area contributed by atoms with Crippen molar-refractivity contribution in [1.29, 1.82) is 0 Å². The lowest BCUT2D eigenvalue weighted by Gasteiger charge is -2.22. The van der Waals surface area contributed by atoms with Crippen LogP contribution >= 0.6 is 0 Å². The van der Waals surface area contributed by atoms with Crippen LogP contribution in [0.4, 0.5) is 0 Å². The molecule has 2 heterocycles. The van der Waals surface area contributed by atoms with E-state index in [2.05, 4.69) is 0 Å². The van der Waals surface area contributed by atoms with Gasteiger partial charge < -0.3 is 24.1 Å². The van der Waals surface area contributed by atoms with Crippen LogP contribution in [0.1, 0.15) is 5.56 Å². The van der Waals surface area contributed by atoms with Crippen molar-refractivity contribution in [2.45, 2.75) is 18.2 Å². The molecule has 0 aromatic heterocycles. The second-order valence-electron chi connectivity index (χ2n) is 4.16. The van der Waals surface area contributed by atoms with Crippen molar-refractivity contribution in [1.82, 2.24) is 0 Å². The minimum Gasteiger partial charge on any atom is -0.497 e. The van der Waals surface area contributed by atoms with Crippen molar-refractivity contribution in [2.24, 2.45) is 0 Å². The van der Waals surface area contributed by atoms with E-state index < -0.39 is 5.97 Å². The van der Waals surface area contributed by atoms with Crippen LogP contribution in [-0.2, 0) is 20.2 Å². The molecule has 1 N–H and O–H groups in total. The average molecular weight is 238 g/mol. The summed E-state index contributed by atoms with van der Waals surface area (Å²) in [5, 5.41) is 10.3. The summed E-state index contributed by atoms with van der Waals surface area (Å²) in [6, 6.07) is 6.96. The van der Waals surface area contributed by atoms with Crippen LogP contribution in [0, 0.1) is 0 Å². The zero-order valence-electron chi connectivity index (χ0n) is 9.46. The first-order valence-corrected chi connectivity index (χ1v) is 5.51. The Morgan fingerprint density at radius 1 is 1.18 bits per heavy atom. The quantitative estimate of drug-likeness (QED) is 0.818. The summed E-state index contributed by atoms with van der Waals surface area (Å²) in [5.41, 5.74) is 0.563. The van der Waals surface area contributed by atoms with Gasteiger partial charge in [0.15, 0.2) is 0 Å². The molecular formula is C12H14O5. The maximum Gasteiger partial charge on any atom is 0.310 e. The number of fused-ring (bicyclic) bond motifs is 1. The summed E-state index contributed by atoms with van der Waals surface area (Å²) in [7, 11) is 1.59. The van der Waals surface area contributed by atoms with E-state index in [1.165, 1.54) is 0 Å². The first-order chi connectivity index (χ1) is 8.21. The third kappa shape index (κ3) is 1.81. The highest BCUT2D eigenvalue weighted by molar-refractivity contribution is 5.29. The van der Waals surface area contributed by atoms with Gasteiger partial charge in [0.1, 0.15) is 18.0 Å². The molecule has 1 unspecified atom stereocenters. The van der Waals surface area contributed by atoms with E-state index in [0.29, 0.717) is 18.8 Å².